The van der Waals surface area contributed by atoms with E-state index in [1.165, 1.54) is 11.3 Å². The summed E-state index contributed by atoms with van der Waals surface area (Å²) in [6, 6.07) is 15.5. The number of aromatic nitrogens is 1. The number of methoxy groups -OCH3 is 1. The van der Waals surface area contributed by atoms with E-state index >= 15 is 0 Å². The molecule has 0 saturated carbocycles. The number of ether oxygens (including phenoxy) is 1. The standard InChI is InChI=1S/C18H16N2O2S/c1-20(14-8-9-16(22-2)19-12-14)18(21)17-15(10-11-23-17)13-6-4-3-5-7-13/h3-12H,1-2H3. The minimum atomic E-state index is -0.0502. The van der Waals surface area contributed by atoms with Crippen molar-refractivity contribution in [1.82, 2.24) is 4.98 Å². The number of benzene rings is 1. The van der Waals surface area contributed by atoms with E-state index in [1.54, 1.807) is 31.3 Å². The van der Waals surface area contributed by atoms with Crippen LogP contribution in [-0.2, 0) is 0 Å². The Bertz CT molecular complexity index is 797. The van der Waals surface area contributed by atoms with Crippen LogP contribution in [0.25, 0.3) is 11.1 Å². The number of hydrogen-bond acceptors (Lipinski definition) is 4. The molecule has 0 radical (unpaired) electrons. The van der Waals surface area contributed by atoms with Crippen molar-refractivity contribution in [3.8, 4) is 17.0 Å². The molecule has 0 atom stereocenters. The molecule has 23 heavy (non-hydrogen) atoms. The second-order valence-electron chi connectivity index (χ2n) is 4.95. The van der Waals surface area contributed by atoms with E-state index in [1.807, 2.05) is 47.8 Å². The number of amides is 1. The zero-order chi connectivity index (χ0) is 16.2. The fourth-order valence-corrected chi connectivity index (χ4v) is 3.17. The topological polar surface area (TPSA) is 42.4 Å². The van der Waals surface area contributed by atoms with E-state index in [4.69, 9.17) is 4.74 Å². The van der Waals surface area contributed by atoms with Crippen LogP contribution in [0.1, 0.15) is 9.67 Å². The monoisotopic (exact) mass is 324 g/mol. The molecule has 0 bridgehead atoms. The fourth-order valence-electron chi connectivity index (χ4n) is 2.28. The molecular weight excluding hydrogens is 308 g/mol. The molecule has 0 fully saturated rings. The maximum Gasteiger partial charge on any atom is 0.268 e. The normalized spacial score (nSPS) is 10.3. The van der Waals surface area contributed by atoms with Crippen molar-refractivity contribution in [1.29, 1.82) is 0 Å². The first kappa shape index (κ1) is 15.2. The van der Waals surface area contributed by atoms with Gasteiger partial charge in [-0.3, -0.25) is 4.79 Å². The van der Waals surface area contributed by atoms with Crippen LogP contribution in [0, 0.1) is 0 Å². The molecule has 1 amide bonds. The molecule has 3 rings (SSSR count). The van der Waals surface area contributed by atoms with Crippen LogP contribution in [0.3, 0.4) is 0 Å². The first-order valence-electron chi connectivity index (χ1n) is 7.11. The summed E-state index contributed by atoms with van der Waals surface area (Å²) in [4.78, 5) is 19.3. The van der Waals surface area contributed by atoms with Crippen LogP contribution in [0.2, 0.25) is 0 Å². The molecule has 0 aliphatic heterocycles. The highest BCUT2D eigenvalue weighted by Gasteiger charge is 2.19. The smallest absolute Gasteiger partial charge is 0.268 e. The van der Waals surface area contributed by atoms with Crippen molar-refractivity contribution >= 4 is 22.9 Å². The minimum absolute atomic E-state index is 0.0502. The van der Waals surface area contributed by atoms with Gasteiger partial charge < -0.3 is 9.64 Å². The van der Waals surface area contributed by atoms with E-state index in [9.17, 15) is 4.79 Å². The van der Waals surface area contributed by atoms with Crippen LogP contribution >= 0.6 is 11.3 Å². The van der Waals surface area contributed by atoms with Gasteiger partial charge in [0.1, 0.15) is 4.88 Å². The van der Waals surface area contributed by atoms with E-state index in [2.05, 4.69) is 4.98 Å². The molecule has 1 aromatic carbocycles. The second kappa shape index (κ2) is 6.62. The summed E-state index contributed by atoms with van der Waals surface area (Å²) in [7, 11) is 3.31. The Morgan fingerprint density at radius 1 is 1.13 bits per heavy atom. The first-order valence-corrected chi connectivity index (χ1v) is 7.99. The average molecular weight is 324 g/mol. The number of thiophene rings is 1. The number of carbonyl (C=O) groups excluding carboxylic acids is 1. The van der Waals surface area contributed by atoms with Crippen molar-refractivity contribution in [2.24, 2.45) is 0 Å². The van der Waals surface area contributed by atoms with Gasteiger partial charge in [-0.05, 0) is 23.1 Å². The molecule has 5 heteroatoms. The Morgan fingerprint density at radius 2 is 1.91 bits per heavy atom. The molecular formula is C18H16N2O2S. The number of nitrogens with zero attached hydrogens (tertiary/aromatic N) is 2. The van der Waals surface area contributed by atoms with E-state index in [-0.39, 0.29) is 5.91 Å². The molecule has 0 saturated heterocycles. The summed E-state index contributed by atoms with van der Waals surface area (Å²) in [6.07, 6.45) is 1.63. The average Bonchev–Trinajstić information content (AvgIpc) is 3.11. The lowest BCUT2D eigenvalue weighted by atomic mass is 10.1. The third kappa shape index (κ3) is 3.10. The molecule has 2 aromatic heterocycles. The Balaban J connectivity index is 1.90. The number of carbonyl (C=O) groups is 1. The first-order chi connectivity index (χ1) is 11.2. The molecule has 0 N–H and O–H groups in total. The number of hydrogen-bond donors (Lipinski definition) is 0. The van der Waals surface area contributed by atoms with Gasteiger partial charge in [0.15, 0.2) is 0 Å². The van der Waals surface area contributed by atoms with Gasteiger partial charge in [0.25, 0.3) is 5.91 Å². The minimum Gasteiger partial charge on any atom is -0.481 e. The molecule has 0 unspecified atom stereocenters. The largest absolute Gasteiger partial charge is 0.481 e. The summed E-state index contributed by atoms with van der Waals surface area (Å²) in [5.74, 6) is 0.474. The number of anilines is 1. The molecule has 3 aromatic rings. The summed E-state index contributed by atoms with van der Waals surface area (Å²) in [5, 5.41) is 1.94. The van der Waals surface area contributed by atoms with Crippen LogP contribution in [-0.4, -0.2) is 25.0 Å². The lowest BCUT2D eigenvalue weighted by Crippen LogP contribution is -2.25. The van der Waals surface area contributed by atoms with Gasteiger partial charge in [-0.25, -0.2) is 4.98 Å². The summed E-state index contributed by atoms with van der Waals surface area (Å²) in [6.45, 7) is 0. The highest BCUT2D eigenvalue weighted by atomic mass is 32.1. The van der Waals surface area contributed by atoms with Gasteiger partial charge >= 0.3 is 0 Å². The number of rotatable bonds is 4. The van der Waals surface area contributed by atoms with Crippen LogP contribution in [0.4, 0.5) is 5.69 Å². The van der Waals surface area contributed by atoms with Crippen molar-refractivity contribution < 1.29 is 9.53 Å². The van der Waals surface area contributed by atoms with Crippen LogP contribution in [0.15, 0.2) is 60.1 Å². The molecule has 4 nitrogen and oxygen atoms in total. The Morgan fingerprint density at radius 3 is 2.57 bits per heavy atom. The Labute approximate surface area is 139 Å². The van der Waals surface area contributed by atoms with Gasteiger partial charge in [-0.2, -0.15) is 0 Å². The van der Waals surface area contributed by atoms with Gasteiger partial charge in [0, 0.05) is 18.7 Å². The summed E-state index contributed by atoms with van der Waals surface area (Å²) >= 11 is 1.45. The van der Waals surface area contributed by atoms with Crippen molar-refractivity contribution in [3.63, 3.8) is 0 Å². The van der Waals surface area contributed by atoms with Crippen molar-refractivity contribution in [2.45, 2.75) is 0 Å². The predicted molar refractivity (Wildman–Crippen MR) is 93.3 cm³/mol. The van der Waals surface area contributed by atoms with E-state index < -0.39 is 0 Å². The third-order valence-electron chi connectivity index (χ3n) is 3.57. The predicted octanol–water partition coefficient (Wildman–Crippen LogP) is 4.10. The Kier molecular flexibility index (Phi) is 4.39. The zero-order valence-corrected chi connectivity index (χ0v) is 13.7. The van der Waals surface area contributed by atoms with Gasteiger partial charge in [-0.1, -0.05) is 30.3 Å². The highest BCUT2D eigenvalue weighted by molar-refractivity contribution is 7.12. The highest BCUT2D eigenvalue weighted by Crippen LogP contribution is 2.30. The van der Waals surface area contributed by atoms with Gasteiger partial charge in [0.05, 0.1) is 19.0 Å². The molecule has 0 aliphatic rings. The molecule has 0 aliphatic carbocycles. The van der Waals surface area contributed by atoms with E-state index in [0.717, 1.165) is 21.7 Å². The summed E-state index contributed by atoms with van der Waals surface area (Å²) < 4.78 is 5.05. The van der Waals surface area contributed by atoms with Crippen LogP contribution in [0.5, 0.6) is 5.88 Å². The second-order valence-corrected chi connectivity index (χ2v) is 5.87. The lowest BCUT2D eigenvalue weighted by molar-refractivity contribution is 0.0997. The fraction of sp³-hybridized carbons (Fsp3) is 0.111. The summed E-state index contributed by atoms with van der Waals surface area (Å²) in [5.41, 5.74) is 2.72. The maximum atomic E-state index is 12.8. The molecule has 0 spiro atoms. The number of pyridine rings is 1. The van der Waals surface area contributed by atoms with Crippen LogP contribution < -0.4 is 9.64 Å². The molecule has 2 heterocycles. The van der Waals surface area contributed by atoms with Gasteiger partial charge in [-0.15, -0.1) is 11.3 Å². The lowest BCUT2D eigenvalue weighted by Gasteiger charge is -2.17. The van der Waals surface area contributed by atoms with E-state index in [0.29, 0.717) is 5.88 Å². The Hall–Kier alpha value is -2.66. The molecule has 116 valence electrons. The maximum absolute atomic E-state index is 12.8. The quantitative estimate of drug-likeness (QED) is 0.726. The zero-order valence-electron chi connectivity index (χ0n) is 12.9. The third-order valence-corrected chi connectivity index (χ3v) is 4.47. The van der Waals surface area contributed by atoms with Gasteiger partial charge in [0.2, 0.25) is 5.88 Å². The van der Waals surface area contributed by atoms with Crippen molar-refractivity contribution in [2.75, 3.05) is 19.1 Å². The van der Waals surface area contributed by atoms with Crippen molar-refractivity contribution in [3.05, 3.63) is 65.0 Å². The SMILES string of the molecule is COc1ccc(N(C)C(=O)c2sccc2-c2ccccc2)cn1.